The summed E-state index contributed by atoms with van der Waals surface area (Å²) in [6.07, 6.45) is -0.587. The number of nitrogens with one attached hydrogen (secondary N) is 5. The van der Waals surface area contributed by atoms with Gasteiger partial charge in [0, 0.05) is 30.8 Å². The number of amides is 1. The van der Waals surface area contributed by atoms with Crippen LogP contribution in [0, 0.1) is 0 Å². The fourth-order valence-corrected chi connectivity index (χ4v) is 3.11. The van der Waals surface area contributed by atoms with E-state index in [4.69, 9.17) is 15.9 Å². The van der Waals surface area contributed by atoms with Crippen molar-refractivity contribution in [3.8, 4) is 0 Å². The third-order valence-electron chi connectivity index (χ3n) is 4.76. The number of aliphatic carboxylic acids is 2. The third-order valence-corrected chi connectivity index (χ3v) is 4.76. The molecule has 3 rings (SSSR count). The van der Waals surface area contributed by atoms with Crippen molar-refractivity contribution < 1.29 is 24.6 Å². The molecule has 1 aliphatic heterocycles. The number of anilines is 4. The van der Waals surface area contributed by atoms with Gasteiger partial charge >= 0.3 is 49.7 Å². The first kappa shape index (κ1) is 26.2. The van der Waals surface area contributed by atoms with E-state index in [1.54, 1.807) is 12.1 Å². The van der Waals surface area contributed by atoms with Crippen LogP contribution in [-0.2, 0) is 9.59 Å². The Morgan fingerprint density at radius 2 is 1.91 bits per heavy atom. The van der Waals surface area contributed by atoms with Gasteiger partial charge in [-0.05, 0) is 30.7 Å². The van der Waals surface area contributed by atoms with Crippen LogP contribution in [0.5, 0.6) is 0 Å². The summed E-state index contributed by atoms with van der Waals surface area (Å²) in [6, 6.07) is 4.93. The Hall–Kier alpha value is -3.03. The molecule has 1 aliphatic rings. The van der Waals surface area contributed by atoms with Gasteiger partial charge in [0.15, 0.2) is 0 Å². The minimum atomic E-state index is -1.30. The van der Waals surface area contributed by atoms with E-state index >= 15 is 0 Å². The maximum atomic E-state index is 12.3. The van der Waals surface area contributed by atoms with Crippen LogP contribution >= 0.6 is 0 Å². The number of H-pyrrole nitrogens is 1. The van der Waals surface area contributed by atoms with Crippen LogP contribution in [0.3, 0.4) is 0 Å². The predicted molar refractivity (Wildman–Crippen MR) is 124 cm³/mol. The number of hydrogen-bond acceptors (Lipinski definition) is 9. The molecule has 0 spiro atoms. The molecule has 1 aromatic carbocycles. The Morgan fingerprint density at radius 3 is 2.55 bits per heavy atom. The van der Waals surface area contributed by atoms with Crippen molar-refractivity contribution in [2.45, 2.75) is 24.9 Å². The van der Waals surface area contributed by atoms with Gasteiger partial charge in [-0.2, -0.15) is 4.98 Å². The number of benzene rings is 1. The number of nitrogen functional groups attached to an aromatic ring is 1. The van der Waals surface area contributed by atoms with Gasteiger partial charge in [0.2, 0.25) is 5.95 Å². The van der Waals surface area contributed by atoms with Crippen LogP contribution in [0.2, 0.25) is 0 Å². The number of rotatable bonds is 9. The molecule has 13 nitrogen and oxygen atoms in total. The topological polar surface area (TPSA) is 212 Å². The van der Waals surface area contributed by atoms with Gasteiger partial charge in [-0.3, -0.25) is 14.4 Å². The van der Waals surface area contributed by atoms with E-state index in [9.17, 15) is 19.2 Å². The average Bonchev–Trinajstić information content (AvgIpc) is 2.75. The average molecular weight is 488 g/mol. The fourth-order valence-electron chi connectivity index (χ4n) is 3.11. The van der Waals surface area contributed by atoms with Crippen molar-refractivity contribution >= 4 is 78.7 Å². The van der Waals surface area contributed by atoms with Crippen molar-refractivity contribution in [3.05, 3.63) is 40.2 Å². The number of nitrogens with zero attached hydrogens (tertiary/aromatic N) is 1. The first-order valence-electron chi connectivity index (χ1n) is 9.72. The van der Waals surface area contributed by atoms with E-state index in [0.717, 1.165) is 0 Å². The summed E-state index contributed by atoms with van der Waals surface area (Å²) in [6.45, 7) is 0.977. The number of aromatic amines is 1. The first-order chi connectivity index (χ1) is 15.2. The minimum absolute atomic E-state index is 0. The number of carbonyl (C=O) groups is 3. The van der Waals surface area contributed by atoms with E-state index < -0.39 is 29.4 Å². The number of carboxylic acid groups (broad SMARTS) is 2. The molecular weight excluding hydrogens is 462 g/mol. The molecule has 1 amide bonds. The second-order valence-corrected chi connectivity index (χ2v) is 7.15. The van der Waals surface area contributed by atoms with Gasteiger partial charge < -0.3 is 42.2 Å². The number of nitrogens with two attached hydrogens (primary N) is 1. The maximum absolute atomic E-state index is 12.3. The summed E-state index contributed by atoms with van der Waals surface area (Å²) in [5.41, 5.74) is 6.31. The molecule has 1 unspecified atom stereocenters. The number of carboxylic acids is 2. The molecule has 0 aliphatic carbocycles. The molecule has 9 N–H and O–H groups in total. The van der Waals surface area contributed by atoms with Gasteiger partial charge in [0.25, 0.3) is 11.5 Å². The normalized spacial score (nSPS) is 15.0. The molecule has 0 fully saturated rings. The van der Waals surface area contributed by atoms with E-state index in [1.807, 2.05) is 0 Å². The summed E-state index contributed by atoms with van der Waals surface area (Å²) < 4.78 is 0. The number of hydrogen-bond donors (Lipinski definition) is 8. The summed E-state index contributed by atoms with van der Waals surface area (Å²) in [7, 11) is 0. The molecule has 2 atom stereocenters. The molecule has 174 valence electrons. The van der Waals surface area contributed by atoms with E-state index in [0.29, 0.717) is 30.3 Å². The summed E-state index contributed by atoms with van der Waals surface area (Å²) in [5.74, 6) is -2.55. The summed E-state index contributed by atoms with van der Waals surface area (Å²) in [5, 5.41) is 29.5. The van der Waals surface area contributed by atoms with Crippen LogP contribution in [0.15, 0.2) is 29.1 Å². The van der Waals surface area contributed by atoms with Gasteiger partial charge in [-0.1, -0.05) is 0 Å². The predicted octanol–water partition coefficient (Wildman–Crippen LogP) is -1.20. The summed E-state index contributed by atoms with van der Waals surface area (Å²) in [4.78, 5) is 52.5. The van der Waals surface area contributed by atoms with Gasteiger partial charge in [0.05, 0.1) is 6.04 Å². The molecule has 2 heterocycles. The fraction of sp³-hybridized carbons (Fsp3) is 0.316. The van der Waals surface area contributed by atoms with Crippen molar-refractivity contribution in [2.24, 2.45) is 0 Å². The molecular formula is C19H25CaN7O6. The number of fused-ring (bicyclic) bond motifs is 1. The van der Waals surface area contributed by atoms with Gasteiger partial charge in [-0.25, -0.2) is 4.79 Å². The Balaban J connectivity index is 0.00000385. The Labute approximate surface area is 217 Å². The molecule has 0 saturated heterocycles. The van der Waals surface area contributed by atoms with Crippen LogP contribution in [-0.4, -0.2) is 101 Å². The standard InChI is InChI=1S/C19H23N7O6.Ca.2H/c20-19-25-15-14(17(30)26-19)23-11(8-22-15)7-21-10-3-1-9(2-4-10)16(29)24-12(18(31)32)5-6-13(27)28;;;/h1-4,11-12,21,23H,5-8H2,(H,24,29)(H,27,28)(H,31,32)(H4,20,22,25,26,30);;;/t11?,12-;;;/m0.../s1. The van der Waals surface area contributed by atoms with Crippen LogP contribution < -0.4 is 32.6 Å². The zero-order chi connectivity index (χ0) is 23.3. The van der Waals surface area contributed by atoms with Gasteiger partial charge in [0.1, 0.15) is 17.5 Å². The molecule has 0 radical (unpaired) electrons. The van der Waals surface area contributed by atoms with Crippen molar-refractivity contribution in [3.63, 3.8) is 0 Å². The Bertz CT molecular complexity index is 1080. The molecule has 0 bridgehead atoms. The van der Waals surface area contributed by atoms with E-state index in [-0.39, 0.29) is 68.1 Å². The van der Waals surface area contributed by atoms with Crippen molar-refractivity contribution in [2.75, 3.05) is 34.8 Å². The molecule has 0 saturated carbocycles. The van der Waals surface area contributed by atoms with Crippen molar-refractivity contribution in [1.29, 1.82) is 0 Å². The Kier molecular flexibility index (Phi) is 9.32. The zero-order valence-corrected chi connectivity index (χ0v) is 16.8. The third kappa shape index (κ3) is 7.23. The first-order valence-corrected chi connectivity index (χ1v) is 9.72. The van der Waals surface area contributed by atoms with Gasteiger partial charge in [-0.15, -0.1) is 0 Å². The van der Waals surface area contributed by atoms with Crippen LogP contribution in [0.1, 0.15) is 23.2 Å². The molecule has 2 aromatic rings. The number of aromatic nitrogens is 2. The second-order valence-electron chi connectivity index (χ2n) is 7.15. The molecule has 33 heavy (non-hydrogen) atoms. The van der Waals surface area contributed by atoms with Crippen LogP contribution in [0.4, 0.5) is 23.1 Å². The quantitative estimate of drug-likeness (QED) is 0.197. The Morgan fingerprint density at radius 1 is 1.21 bits per heavy atom. The number of carbonyl (C=O) groups excluding carboxylic acids is 1. The SMILES string of the molecule is Nc1nc(=O)c2c([nH]1)NCC(CNc1ccc(C(=O)N[C@@H](CCC(=O)O)C(=O)O)cc1)N2.[CaH2]. The van der Waals surface area contributed by atoms with Crippen molar-refractivity contribution in [1.82, 2.24) is 15.3 Å². The zero-order valence-electron chi connectivity index (χ0n) is 16.8. The monoisotopic (exact) mass is 487 g/mol. The molecule has 1 aromatic heterocycles. The second kappa shape index (κ2) is 11.7. The molecule has 14 heteroatoms. The van der Waals surface area contributed by atoms with E-state index in [1.165, 1.54) is 12.1 Å². The van der Waals surface area contributed by atoms with E-state index in [2.05, 4.69) is 31.2 Å². The van der Waals surface area contributed by atoms with Crippen LogP contribution in [0.25, 0.3) is 0 Å². The summed E-state index contributed by atoms with van der Waals surface area (Å²) >= 11 is 0.